The molecule has 1 aromatic rings. The minimum absolute atomic E-state index is 0.105. The predicted octanol–water partition coefficient (Wildman–Crippen LogP) is 2.77. The number of nitrogens with one attached hydrogen (secondary N) is 1. The molecule has 7 nitrogen and oxygen atoms in total. The van der Waals surface area contributed by atoms with Crippen LogP contribution in [0, 0.1) is 5.92 Å². The molecular weight excluding hydrogens is 348 g/mol. The van der Waals surface area contributed by atoms with Crippen molar-refractivity contribution in [2.75, 3.05) is 37.5 Å². The molecule has 1 aromatic carbocycles. The van der Waals surface area contributed by atoms with Crippen LogP contribution in [0.3, 0.4) is 0 Å². The summed E-state index contributed by atoms with van der Waals surface area (Å²) in [5.74, 6) is -0.872. The number of hydrogen-bond donors (Lipinski definition) is 1. The van der Waals surface area contributed by atoms with Crippen molar-refractivity contribution in [3.63, 3.8) is 0 Å². The SMILES string of the molecule is COC(=O)/C=C(/Nc1ccc(N2CCC(C)CC2)cc1C(C)=O)C(=O)OC. The smallest absolute Gasteiger partial charge is 0.354 e. The van der Waals surface area contributed by atoms with Gasteiger partial charge in [-0.1, -0.05) is 6.92 Å². The van der Waals surface area contributed by atoms with E-state index in [9.17, 15) is 14.4 Å². The fourth-order valence-electron chi connectivity index (χ4n) is 2.97. The monoisotopic (exact) mass is 374 g/mol. The second-order valence-corrected chi connectivity index (χ2v) is 6.65. The zero-order valence-corrected chi connectivity index (χ0v) is 16.2. The molecule has 0 amide bonds. The largest absolute Gasteiger partial charge is 0.466 e. The molecule has 146 valence electrons. The Kier molecular flexibility index (Phi) is 6.98. The Morgan fingerprint density at radius 1 is 1.15 bits per heavy atom. The molecule has 0 atom stereocenters. The van der Waals surface area contributed by atoms with Crippen LogP contribution in [-0.2, 0) is 19.1 Å². The third-order valence-electron chi connectivity index (χ3n) is 4.67. The number of benzene rings is 1. The van der Waals surface area contributed by atoms with Gasteiger partial charge in [0.1, 0.15) is 5.70 Å². The first kappa shape index (κ1) is 20.5. The van der Waals surface area contributed by atoms with Crippen molar-refractivity contribution in [2.24, 2.45) is 5.92 Å². The van der Waals surface area contributed by atoms with Gasteiger partial charge in [0.05, 0.1) is 20.3 Å². The van der Waals surface area contributed by atoms with Gasteiger partial charge in [0, 0.05) is 30.0 Å². The summed E-state index contributed by atoms with van der Waals surface area (Å²) in [6.07, 6.45) is 3.23. The quantitative estimate of drug-likeness (QED) is 0.465. The van der Waals surface area contributed by atoms with Crippen molar-refractivity contribution in [1.82, 2.24) is 0 Å². The zero-order valence-electron chi connectivity index (χ0n) is 16.2. The zero-order chi connectivity index (χ0) is 20.0. The lowest BCUT2D eigenvalue weighted by molar-refractivity contribution is -0.138. The van der Waals surface area contributed by atoms with Crippen LogP contribution in [-0.4, -0.2) is 45.0 Å². The number of rotatable bonds is 6. The minimum atomic E-state index is -0.732. The van der Waals surface area contributed by atoms with E-state index in [0.717, 1.165) is 37.7 Å². The average Bonchev–Trinajstić information content (AvgIpc) is 2.67. The maximum atomic E-state index is 12.2. The lowest BCUT2D eigenvalue weighted by atomic mass is 9.98. The van der Waals surface area contributed by atoms with Crippen LogP contribution in [0.15, 0.2) is 30.0 Å². The molecule has 1 aliphatic heterocycles. The van der Waals surface area contributed by atoms with Crippen molar-refractivity contribution >= 4 is 29.1 Å². The molecule has 27 heavy (non-hydrogen) atoms. The first-order valence-electron chi connectivity index (χ1n) is 8.90. The predicted molar refractivity (Wildman–Crippen MR) is 103 cm³/mol. The fraction of sp³-hybridized carbons (Fsp3) is 0.450. The number of Topliss-reactive ketones (excluding diaryl/α,β-unsaturated/α-hetero) is 1. The lowest BCUT2D eigenvalue weighted by Gasteiger charge is -2.32. The number of methoxy groups -OCH3 is 2. The Bertz CT molecular complexity index is 749. The number of anilines is 2. The van der Waals surface area contributed by atoms with Crippen molar-refractivity contribution in [2.45, 2.75) is 26.7 Å². The molecule has 0 bridgehead atoms. The van der Waals surface area contributed by atoms with Crippen molar-refractivity contribution in [1.29, 1.82) is 0 Å². The number of hydrogen-bond acceptors (Lipinski definition) is 7. The summed E-state index contributed by atoms with van der Waals surface area (Å²) in [5, 5.41) is 2.83. The molecule has 0 aromatic heterocycles. The van der Waals surface area contributed by atoms with Gasteiger partial charge in [0.2, 0.25) is 0 Å². The number of piperidine rings is 1. The highest BCUT2D eigenvalue weighted by Gasteiger charge is 2.20. The minimum Gasteiger partial charge on any atom is -0.466 e. The number of carbonyl (C=O) groups is 3. The van der Waals surface area contributed by atoms with Crippen LogP contribution in [0.2, 0.25) is 0 Å². The topological polar surface area (TPSA) is 84.9 Å². The lowest BCUT2D eigenvalue weighted by Crippen LogP contribution is -2.32. The Labute approximate surface area is 159 Å². The highest BCUT2D eigenvalue weighted by atomic mass is 16.5. The molecular formula is C20H26N2O5. The van der Waals surface area contributed by atoms with E-state index in [2.05, 4.69) is 26.6 Å². The van der Waals surface area contributed by atoms with Gasteiger partial charge in [-0.15, -0.1) is 0 Å². The summed E-state index contributed by atoms with van der Waals surface area (Å²) >= 11 is 0. The molecule has 0 saturated carbocycles. The summed E-state index contributed by atoms with van der Waals surface area (Å²) in [5.41, 5.74) is 1.73. The third kappa shape index (κ3) is 5.32. The molecule has 1 aliphatic rings. The highest BCUT2D eigenvalue weighted by Crippen LogP contribution is 2.28. The van der Waals surface area contributed by atoms with Crippen LogP contribution in [0.5, 0.6) is 0 Å². The van der Waals surface area contributed by atoms with Crippen molar-refractivity contribution < 1.29 is 23.9 Å². The number of carbonyl (C=O) groups excluding carboxylic acids is 3. The van der Waals surface area contributed by atoms with Gasteiger partial charge >= 0.3 is 11.9 Å². The number of ketones is 1. The number of ether oxygens (including phenoxy) is 2. The molecule has 1 N–H and O–H groups in total. The first-order chi connectivity index (χ1) is 12.8. The van der Waals surface area contributed by atoms with E-state index in [0.29, 0.717) is 17.2 Å². The molecule has 1 heterocycles. The fourth-order valence-corrected chi connectivity index (χ4v) is 2.97. The van der Waals surface area contributed by atoms with E-state index in [-0.39, 0.29) is 11.5 Å². The standard InChI is InChI=1S/C20H26N2O5/c1-13-7-9-22(10-8-13)15-5-6-17(16(11-15)14(2)23)21-18(20(25)27-4)12-19(24)26-3/h5-6,11-13,21H,7-10H2,1-4H3/b18-12+. The third-order valence-corrected chi connectivity index (χ3v) is 4.67. The maximum Gasteiger partial charge on any atom is 0.354 e. The Morgan fingerprint density at radius 3 is 2.37 bits per heavy atom. The van der Waals surface area contributed by atoms with Crippen LogP contribution < -0.4 is 10.2 Å². The van der Waals surface area contributed by atoms with E-state index in [1.165, 1.54) is 21.1 Å². The van der Waals surface area contributed by atoms with E-state index in [1.54, 1.807) is 6.07 Å². The molecule has 0 spiro atoms. The summed E-state index contributed by atoms with van der Waals surface area (Å²) < 4.78 is 9.25. The molecule has 2 rings (SSSR count). The number of esters is 2. The van der Waals surface area contributed by atoms with E-state index in [1.807, 2.05) is 12.1 Å². The van der Waals surface area contributed by atoms with Crippen LogP contribution in [0.25, 0.3) is 0 Å². The van der Waals surface area contributed by atoms with Gasteiger partial charge in [0.25, 0.3) is 0 Å². The van der Waals surface area contributed by atoms with Gasteiger partial charge < -0.3 is 19.7 Å². The molecule has 1 saturated heterocycles. The Hall–Kier alpha value is -2.83. The molecule has 7 heteroatoms. The molecule has 0 aliphatic carbocycles. The summed E-state index contributed by atoms with van der Waals surface area (Å²) in [4.78, 5) is 37.9. The Morgan fingerprint density at radius 2 is 1.81 bits per heavy atom. The average molecular weight is 374 g/mol. The van der Waals surface area contributed by atoms with E-state index < -0.39 is 11.9 Å². The van der Waals surface area contributed by atoms with Gasteiger partial charge in [-0.05, 0) is 43.9 Å². The normalized spacial score (nSPS) is 15.3. The second-order valence-electron chi connectivity index (χ2n) is 6.65. The van der Waals surface area contributed by atoms with Crippen molar-refractivity contribution in [3.8, 4) is 0 Å². The molecule has 1 fully saturated rings. The van der Waals surface area contributed by atoms with E-state index >= 15 is 0 Å². The summed E-state index contributed by atoms with van der Waals surface area (Å²) in [7, 11) is 2.42. The van der Waals surface area contributed by atoms with Crippen LogP contribution >= 0.6 is 0 Å². The van der Waals surface area contributed by atoms with E-state index in [4.69, 9.17) is 0 Å². The maximum absolute atomic E-state index is 12.2. The highest BCUT2D eigenvalue weighted by molar-refractivity contribution is 6.04. The molecule has 0 radical (unpaired) electrons. The first-order valence-corrected chi connectivity index (χ1v) is 8.90. The summed E-state index contributed by atoms with van der Waals surface area (Å²) in [6.45, 7) is 5.60. The van der Waals surface area contributed by atoms with Gasteiger partial charge in [-0.2, -0.15) is 0 Å². The molecule has 0 unspecified atom stereocenters. The van der Waals surface area contributed by atoms with Gasteiger partial charge in [0.15, 0.2) is 5.78 Å². The van der Waals surface area contributed by atoms with Crippen molar-refractivity contribution in [3.05, 3.63) is 35.5 Å². The van der Waals surface area contributed by atoms with Crippen LogP contribution in [0.1, 0.15) is 37.0 Å². The summed E-state index contributed by atoms with van der Waals surface area (Å²) in [6, 6.07) is 5.45. The van der Waals surface area contributed by atoms with Gasteiger partial charge in [-0.25, -0.2) is 9.59 Å². The number of nitrogens with zero attached hydrogens (tertiary/aromatic N) is 1. The van der Waals surface area contributed by atoms with Crippen LogP contribution in [0.4, 0.5) is 11.4 Å². The Balaban J connectivity index is 2.32. The second kappa shape index (κ2) is 9.21. The van der Waals surface area contributed by atoms with Gasteiger partial charge in [-0.3, -0.25) is 4.79 Å².